The van der Waals surface area contributed by atoms with E-state index in [1.54, 1.807) is 24.5 Å². The molecule has 13 heteroatoms. The fourth-order valence-corrected chi connectivity index (χ4v) is 4.70. The maximum Gasteiger partial charge on any atom is 0.316 e. The van der Waals surface area contributed by atoms with Crippen LogP contribution in [-0.4, -0.2) is 51.5 Å². The molecule has 0 aliphatic carbocycles. The molecule has 3 aromatic heterocycles. The van der Waals surface area contributed by atoms with E-state index >= 15 is 0 Å². The van der Waals surface area contributed by atoms with Crippen LogP contribution in [0.25, 0.3) is 28.7 Å². The van der Waals surface area contributed by atoms with Gasteiger partial charge in [0.2, 0.25) is 5.88 Å². The Morgan fingerprint density at radius 1 is 0.881 bits per heavy atom. The molecule has 0 spiro atoms. The van der Waals surface area contributed by atoms with Crippen LogP contribution in [0.3, 0.4) is 0 Å². The minimum Gasteiger partial charge on any atom is -0.473 e. The molecule has 0 fully saturated rings. The number of aromatic nitrogens is 6. The average Bonchev–Trinajstić information content (AvgIpc) is 3.00. The van der Waals surface area contributed by atoms with Crippen molar-refractivity contribution in [1.29, 1.82) is 0 Å². The van der Waals surface area contributed by atoms with Crippen LogP contribution in [0.15, 0.2) is 95.5 Å². The van der Waals surface area contributed by atoms with E-state index in [9.17, 15) is 8.42 Å². The molecular formula is C29H24BrN7O4S. The van der Waals surface area contributed by atoms with E-state index in [1.807, 2.05) is 49.4 Å². The first-order valence-corrected chi connectivity index (χ1v) is 14.9. The Hall–Kier alpha value is -4.75. The highest BCUT2D eigenvalue weighted by Crippen LogP contribution is 2.37. The highest BCUT2D eigenvalue weighted by molar-refractivity contribution is 9.10. The van der Waals surface area contributed by atoms with Gasteiger partial charge in [-0.05, 0) is 40.1 Å². The van der Waals surface area contributed by atoms with Gasteiger partial charge in [-0.2, -0.15) is 4.98 Å². The summed E-state index contributed by atoms with van der Waals surface area (Å²) in [5.74, 6) is 0.259. The van der Waals surface area contributed by atoms with Gasteiger partial charge >= 0.3 is 6.01 Å². The van der Waals surface area contributed by atoms with E-state index in [-0.39, 0.29) is 36.7 Å². The van der Waals surface area contributed by atoms with Crippen LogP contribution < -0.4 is 14.2 Å². The van der Waals surface area contributed by atoms with Gasteiger partial charge in [0, 0.05) is 24.8 Å². The second kappa shape index (κ2) is 13.3. The molecule has 1 N–H and O–H groups in total. The number of rotatable bonds is 11. The van der Waals surface area contributed by atoms with Crippen LogP contribution in [0.1, 0.15) is 11.1 Å². The number of nitrogens with zero attached hydrogens (tertiary/aromatic N) is 6. The van der Waals surface area contributed by atoms with Crippen LogP contribution in [0.4, 0.5) is 5.82 Å². The number of aryl methyl sites for hydroxylation is 1. The number of halogens is 1. The smallest absolute Gasteiger partial charge is 0.316 e. The molecule has 11 nitrogen and oxygen atoms in total. The lowest BCUT2D eigenvalue weighted by molar-refractivity contribution is 0.202. The topological polar surface area (TPSA) is 142 Å². The number of anilines is 1. The SMILES string of the molecule is Cc1ccc(-c2c(NS(=O)(=O)/C=C\c3ccccc3)nc(-c3cnccn3)nc2OCCOc2ncc(Br)cn2)cc1. The summed E-state index contributed by atoms with van der Waals surface area (Å²) in [5, 5.41) is 1.08. The summed E-state index contributed by atoms with van der Waals surface area (Å²) in [6.07, 6.45) is 9.12. The lowest BCUT2D eigenvalue weighted by Crippen LogP contribution is -2.15. The molecule has 5 rings (SSSR count). The number of ether oxygens (including phenoxy) is 2. The summed E-state index contributed by atoms with van der Waals surface area (Å²) in [5.41, 5.74) is 3.07. The predicted octanol–water partition coefficient (Wildman–Crippen LogP) is 5.33. The van der Waals surface area contributed by atoms with Gasteiger partial charge in [0.25, 0.3) is 10.0 Å². The van der Waals surface area contributed by atoms with E-state index in [1.165, 1.54) is 24.7 Å². The molecule has 0 aliphatic rings. The van der Waals surface area contributed by atoms with Gasteiger partial charge in [0.1, 0.15) is 18.9 Å². The third kappa shape index (κ3) is 7.71. The van der Waals surface area contributed by atoms with Crippen molar-refractivity contribution in [3.8, 4) is 34.5 Å². The molecule has 0 saturated heterocycles. The summed E-state index contributed by atoms with van der Waals surface area (Å²) in [6, 6.07) is 16.8. The first-order chi connectivity index (χ1) is 20.4. The minimum atomic E-state index is -4.01. The van der Waals surface area contributed by atoms with E-state index in [4.69, 9.17) is 9.47 Å². The number of hydrogen-bond acceptors (Lipinski definition) is 10. The standard InChI is InChI=1S/C29H24BrN7O4S/c1-20-7-9-22(10-8-20)25-27(37-42(38,39)16-11-21-5-3-2-4-6-21)35-26(24-19-31-12-13-32-24)36-28(25)40-14-15-41-29-33-17-23(30)18-34-29/h2-13,16-19H,14-15H2,1H3,(H,35,36,37)/b16-11-. The largest absolute Gasteiger partial charge is 0.473 e. The van der Waals surface area contributed by atoms with Gasteiger partial charge in [-0.25, -0.2) is 28.4 Å². The molecule has 2 aromatic carbocycles. The second-order valence-corrected chi connectivity index (χ2v) is 11.3. The quantitative estimate of drug-likeness (QED) is 0.187. The molecule has 42 heavy (non-hydrogen) atoms. The highest BCUT2D eigenvalue weighted by atomic mass is 79.9. The Kier molecular flexibility index (Phi) is 9.09. The fourth-order valence-electron chi connectivity index (χ4n) is 3.68. The van der Waals surface area contributed by atoms with Crippen molar-refractivity contribution >= 4 is 37.8 Å². The van der Waals surface area contributed by atoms with Crippen LogP contribution in [0.5, 0.6) is 11.9 Å². The maximum atomic E-state index is 13.2. The van der Waals surface area contributed by atoms with Crippen molar-refractivity contribution in [2.75, 3.05) is 17.9 Å². The molecule has 0 bridgehead atoms. The Balaban J connectivity index is 1.53. The summed E-state index contributed by atoms with van der Waals surface area (Å²) in [7, 11) is -4.01. The minimum absolute atomic E-state index is 0.0133. The molecule has 0 aliphatic heterocycles. The van der Waals surface area contributed by atoms with Gasteiger partial charge in [0.15, 0.2) is 11.6 Å². The van der Waals surface area contributed by atoms with Gasteiger partial charge in [0.05, 0.1) is 21.6 Å². The Morgan fingerprint density at radius 3 is 2.33 bits per heavy atom. The number of sulfonamides is 1. The Morgan fingerprint density at radius 2 is 1.62 bits per heavy atom. The molecule has 0 unspecified atom stereocenters. The lowest BCUT2D eigenvalue weighted by Gasteiger charge is -2.17. The summed E-state index contributed by atoms with van der Waals surface area (Å²) < 4.78 is 41.5. The summed E-state index contributed by atoms with van der Waals surface area (Å²) in [4.78, 5) is 25.7. The molecule has 0 radical (unpaired) electrons. The predicted molar refractivity (Wildman–Crippen MR) is 162 cm³/mol. The molecule has 212 valence electrons. The number of nitrogens with one attached hydrogen (secondary N) is 1. The monoisotopic (exact) mass is 645 g/mol. The lowest BCUT2D eigenvalue weighted by atomic mass is 10.1. The van der Waals surface area contributed by atoms with Crippen molar-refractivity contribution in [1.82, 2.24) is 29.9 Å². The van der Waals surface area contributed by atoms with Gasteiger partial charge in [-0.3, -0.25) is 9.71 Å². The maximum absolute atomic E-state index is 13.2. The first kappa shape index (κ1) is 28.8. The van der Waals surface area contributed by atoms with Crippen molar-refractivity contribution < 1.29 is 17.9 Å². The molecule has 3 heterocycles. The number of benzene rings is 2. The van der Waals surface area contributed by atoms with Gasteiger partial charge < -0.3 is 9.47 Å². The Labute approximate surface area is 251 Å². The second-order valence-electron chi connectivity index (χ2n) is 8.77. The molecule has 0 saturated carbocycles. The average molecular weight is 647 g/mol. The third-order valence-electron chi connectivity index (χ3n) is 5.64. The highest BCUT2D eigenvalue weighted by Gasteiger charge is 2.22. The van der Waals surface area contributed by atoms with Gasteiger partial charge in [-0.15, -0.1) is 0 Å². The normalized spacial score (nSPS) is 11.4. The van der Waals surface area contributed by atoms with Gasteiger partial charge in [-0.1, -0.05) is 60.2 Å². The van der Waals surface area contributed by atoms with E-state index in [2.05, 4.69) is 50.6 Å². The first-order valence-electron chi connectivity index (χ1n) is 12.6. The van der Waals surface area contributed by atoms with Crippen LogP contribution in [0.2, 0.25) is 0 Å². The summed E-state index contributed by atoms with van der Waals surface area (Å²) in [6.45, 7) is 2.10. The van der Waals surface area contributed by atoms with E-state index in [0.717, 1.165) is 21.0 Å². The summed E-state index contributed by atoms with van der Waals surface area (Å²) >= 11 is 3.29. The third-order valence-corrected chi connectivity index (χ3v) is 7.02. The van der Waals surface area contributed by atoms with Crippen LogP contribution in [-0.2, 0) is 10.0 Å². The van der Waals surface area contributed by atoms with E-state index < -0.39 is 10.0 Å². The van der Waals surface area contributed by atoms with Crippen LogP contribution >= 0.6 is 15.9 Å². The van der Waals surface area contributed by atoms with Crippen LogP contribution in [0, 0.1) is 6.92 Å². The molecule has 0 atom stereocenters. The zero-order valence-electron chi connectivity index (χ0n) is 22.3. The Bertz CT molecular complexity index is 1770. The van der Waals surface area contributed by atoms with Crippen molar-refractivity contribution in [2.45, 2.75) is 6.92 Å². The van der Waals surface area contributed by atoms with Crippen molar-refractivity contribution in [2.24, 2.45) is 0 Å². The van der Waals surface area contributed by atoms with E-state index in [0.29, 0.717) is 16.8 Å². The molecule has 0 amide bonds. The molecule has 5 aromatic rings. The fraction of sp³-hybridized carbons (Fsp3) is 0.103. The zero-order chi connectivity index (χ0) is 29.4. The van der Waals surface area contributed by atoms with Crippen molar-refractivity contribution in [3.63, 3.8) is 0 Å². The number of hydrogen-bond donors (Lipinski definition) is 1. The molecular weight excluding hydrogens is 622 g/mol. The van der Waals surface area contributed by atoms with Crippen molar-refractivity contribution in [3.05, 3.63) is 107 Å². The zero-order valence-corrected chi connectivity index (χ0v) is 24.7.